The van der Waals surface area contributed by atoms with Crippen molar-refractivity contribution in [3.63, 3.8) is 0 Å². The Morgan fingerprint density at radius 3 is 2.50 bits per heavy atom. The van der Waals surface area contributed by atoms with Gasteiger partial charge in [0.05, 0.1) is 11.3 Å². The fraction of sp³-hybridized carbons (Fsp3) is 0.556. The van der Waals surface area contributed by atoms with E-state index in [9.17, 15) is 19.7 Å². The number of hydrogen-bond acceptors (Lipinski definition) is 5. The molecule has 0 aromatic heterocycles. The molecule has 26 heavy (non-hydrogen) atoms. The first-order valence-electron chi connectivity index (χ1n) is 8.84. The van der Waals surface area contributed by atoms with Crippen LogP contribution in [0.4, 0.5) is 11.4 Å². The van der Waals surface area contributed by atoms with E-state index in [2.05, 4.69) is 0 Å². The van der Waals surface area contributed by atoms with Gasteiger partial charge in [0.25, 0.3) is 11.6 Å². The first kappa shape index (κ1) is 19.7. The molecule has 142 valence electrons. The molecule has 1 amide bonds. The SMILES string of the molecule is CC(C)CN(CCC(=O)O)C(=O)c1ccc(N2CCCC2)c([N+](=O)[O-])c1. The first-order valence-corrected chi connectivity index (χ1v) is 8.84. The summed E-state index contributed by atoms with van der Waals surface area (Å²) in [6.07, 6.45) is 1.83. The van der Waals surface area contributed by atoms with Crippen molar-refractivity contribution in [2.45, 2.75) is 33.1 Å². The van der Waals surface area contributed by atoms with Crippen LogP contribution in [0.5, 0.6) is 0 Å². The number of nitro benzene ring substituents is 1. The molecule has 0 aliphatic carbocycles. The van der Waals surface area contributed by atoms with Gasteiger partial charge in [-0.15, -0.1) is 0 Å². The van der Waals surface area contributed by atoms with E-state index in [1.54, 1.807) is 12.1 Å². The quantitative estimate of drug-likeness (QED) is 0.562. The number of rotatable bonds is 8. The predicted octanol–water partition coefficient (Wildman–Crippen LogP) is 2.77. The topological polar surface area (TPSA) is 104 Å². The Labute approximate surface area is 152 Å². The maximum atomic E-state index is 12.8. The van der Waals surface area contributed by atoms with Crippen molar-refractivity contribution in [2.24, 2.45) is 5.92 Å². The van der Waals surface area contributed by atoms with E-state index in [0.29, 0.717) is 12.2 Å². The number of carboxylic acid groups (broad SMARTS) is 1. The standard InChI is InChI=1S/C18H25N3O5/c1-13(2)12-20(10-7-17(22)23)18(24)14-5-6-15(16(11-14)21(25)26)19-8-3-4-9-19/h5-6,11,13H,3-4,7-10,12H2,1-2H3,(H,22,23). The van der Waals surface area contributed by atoms with Crippen LogP contribution in [0.15, 0.2) is 18.2 Å². The molecule has 0 unspecified atom stereocenters. The van der Waals surface area contributed by atoms with Crippen LogP contribution in [0.25, 0.3) is 0 Å². The molecule has 1 N–H and O–H groups in total. The minimum absolute atomic E-state index is 0.0774. The van der Waals surface area contributed by atoms with E-state index in [4.69, 9.17) is 5.11 Å². The number of benzene rings is 1. The van der Waals surface area contributed by atoms with Crippen molar-refractivity contribution >= 4 is 23.3 Å². The van der Waals surface area contributed by atoms with Crippen LogP contribution >= 0.6 is 0 Å². The molecule has 1 fully saturated rings. The zero-order valence-corrected chi connectivity index (χ0v) is 15.2. The molecule has 1 saturated heterocycles. The molecule has 2 rings (SSSR count). The van der Waals surface area contributed by atoms with Crippen LogP contribution in [0.1, 0.15) is 43.5 Å². The van der Waals surface area contributed by atoms with Gasteiger partial charge in [0.15, 0.2) is 0 Å². The van der Waals surface area contributed by atoms with Gasteiger partial charge in [-0.05, 0) is 30.9 Å². The van der Waals surface area contributed by atoms with Gasteiger partial charge in [-0.25, -0.2) is 0 Å². The normalized spacial score (nSPS) is 13.9. The second-order valence-corrected chi connectivity index (χ2v) is 6.94. The molecule has 0 saturated carbocycles. The van der Waals surface area contributed by atoms with Crippen LogP contribution in [0.3, 0.4) is 0 Å². The Morgan fingerprint density at radius 2 is 1.96 bits per heavy atom. The van der Waals surface area contributed by atoms with Crippen LogP contribution in [-0.2, 0) is 4.79 Å². The monoisotopic (exact) mass is 363 g/mol. The fourth-order valence-electron chi connectivity index (χ4n) is 3.16. The molecule has 1 aromatic rings. The number of nitrogens with zero attached hydrogens (tertiary/aromatic N) is 3. The molecule has 0 bridgehead atoms. The number of carboxylic acids is 1. The van der Waals surface area contributed by atoms with E-state index >= 15 is 0 Å². The van der Waals surface area contributed by atoms with Gasteiger partial charge >= 0.3 is 5.97 Å². The summed E-state index contributed by atoms with van der Waals surface area (Å²) in [6.45, 7) is 5.88. The van der Waals surface area contributed by atoms with Crippen molar-refractivity contribution in [2.75, 3.05) is 31.1 Å². The third-order valence-corrected chi connectivity index (χ3v) is 4.33. The molecule has 1 heterocycles. The first-order chi connectivity index (χ1) is 12.3. The highest BCUT2D eigenvalue weighted by Crippen LogP contribution is 2.32. The van der Waals surface area contributed by atoms with Gasteiger partial charge in [-0.3, -0.25) is 19.7 Å². The second kappa shape index (κ2) is 8.64. The van der Waals surface area contributed by atoms with Gasteiger partial charge in [0.1, 0.15) is 5.69 Å². The van der Waals surface area contributed by atoms with E-state index in [-0.39, 0.29) is 36.0 Å². The lowest BCUT2D eigenvalue weighted by Gasteiger charge is -2.24. The fourth-order valence-corrected chi connectivity index (χ4v) is 3.16. The number of carbonyl (C=O) groups is 2. The summed E-state index contributed by atoms with van der Waals surface area (Å²) in [6, 6.07) is 4.53. The van der Waals surface area contributed by atoms with Crippen molar-refractivity contribution in [3.05, 3.63) is 33.9 Å². The number of nitro groups is 1. The Morgan fingerprint density at radius 1 is 1.31 bits per heavy atom. The van der Waals surface area contributed by atoms with E-state index in [1.165, 1.54) is 11.0 Å². The zero-order chi connectivity index (χ0) is 19.3. The minimum atomic E-state index is -0.984. The van der Waals surface area contributed by atoms with Crippen LogP contribution in [-0.4, -0.2) is 53.0 Å². The van der Waals surface area contributed by atoms with Gasteiger partial charge in [-0.1, -0.05) is 13.8 Å². The summed E-state index contributed by atoms with van der Waals surface area (Å²) in [4.78, 5) is 38.1. The lowest BCUT2D eigenvalue weighted by Crippen LogP contribution is -2.36. The Hall–Kier alpha value is -2.64. The van der Waals surface area contributed by atoms with Gasteiger partial charge in [-0.2, -0.15) is 0 Å². The smallest absolute Gasteiger partial charge is 0.305 e. The second-order valence-electron chi connectivity index (χ2n) is 6.94. The molecular weight excluding hydrogens is 338 g/mol. The summed E-state index contributed by atoms with van der Waals surface area (Å²) < 4.78 is 0. The number of amides is 1. The van der Waals surface area contributed by atoms with Crippen LogP contribution in [0, 0.1) is 16.0 Å². The lowest BCUT2D eigenvalue weighted by atomic mass is 10.1. The average molecular weight is 363 g/mol. The zero-order valence-electron chi connectivity index (χ0n) is 15.2. The van der Waals surface area contributed by atoms with Gasteiger partial charge in [0.2, 0.25) is 0 Å². The summed E-state index contributed by atoms with van der Waals surface area (Å²) in [5, 5.41) is 20.4. The van der Waals surface area contributed by atoms with E-state index in [0.717, 1.165) is 25.9 Å². The Bertz CT molecular complexity index is 683. The van der Waals surface area contributed by atoms with Crippen molar-refractivity contribution in [1.29, 1.82) is 0 Å². The highest BCUT2D eigenvalue weighted by Gasteiger charge is 2.25. The molecule has 8 heteroatoms. The third kappa shape index (κ3) is 4.93. The summed E-state index contributed by atoms with van der Waals surface area (Å²) in [5.41, 5.74) is 0.663. The Balaban J connectivity index is 2.29. The molecule has 0 radical (unpaired) electrons. The molecule has 0 atom stereocenters. The summed E-state index contributed by atoms with van der Waals surface area (Å²) >= 11 is 0. The van der Waals surface area contributed by atoms with Crippen molar-refractivity contribution in [1.82, 2.24) is 4.90 Å². The molecule has 8 nitrogen and oxygen atoms in total. The molecule has 1 aliphatic heterocycles. The molecule has 1 aromatic carbocycles. The molecular formula is C18H25N3O5. The van der Waals surface area contributed by atoms with Crippen molar-refractivity contribution < 1.29 is 19.6 Å². The van der Waals surface area contributed by atoms with Gasteiger partial charge in [0, 0.05) is 37.8 Å². The summed E-state index contributed by atoms with van der Waals surface area (Å²) in [7, 11) is 0. The van der Waals surface area contributed by atoms with Crippen LogP contribution in [0.2, 0.25) is 0 Å². The predicted molar refractivity (Wildman–Crippen MR) is 97.5 cm³/mol. The number of hydrogen-bond donors (Lipinski definition) is 1. The van der Waals surface area contributed by atoms with Crippen molar-refractivity contribution in [3.8, 4) is 0 Å². The van der Waals surface area contributed by atoms with E-state index < -0.39 is 10.9 Å². The maximum absolute atomic E-state index is 12.8. The number of anilines is 1. The van der Waals surface area contributed by atoms with E-state index in [1.807, 2.05) is 18.7 Å². The largest absolute Gasteiger partial charge is 0.481 e. The highest BCUT2D eigenvalue weighted by atomic mass is 16.6. The average Bonchev–Trinajstić information content (AvgIpc) is 3.11. The third-order valence-electron chi connectivity index (χ3n) is 4.33. The molecule has 0 spiro atoms. The molecule has 1 aliphatic rings. The number of carbonyl (C=O) groups excluding carboxylic acids is 1. The maximum Gasteiger partial charge on any atom is 0.305 e. The minimum Gasteiger partial charge on any atom is -0.481 e. The Kier molecular flexibility index (Phi) is 6.54. The highest BCUT2D eigenvalue weighted by molar-refractivity contribution is 5.96. The lowest BCUT2D eigenvalue weighted by molar-refractivity contribution is -0.384. The summed E-state index contributed by atoms with van der Waals surface area (Å²) in [5.74, 6) is -1.20. The van der Waals surface area contributed by atoms with Crippen LogP contribution < -0.4 is 4.90 Å². The van der Waals surface area contributed by atoms with Gasteiger partial charge < -0.3 is 14.9 Å². The number of aliphatic carboxylic acids is 1.